The summed E-state index contributed by atoms with van der Waals surface area (Å²) in [7, 11) is 0. The van der Waals surface area contributed by atoms with Crippen LogP contribution >= 0.6 is 0 Å². The summed E-state index contributed by atoms with van der Waals surface area (Å²) in [5, 5.41) is 49.9. The van der Waals surface area contributed by atoms with E-state index in [-0.39, 0.29) is 117 Å². The van der Waals surface area contributed by atoms with Crippen LogP contribution in [0.1, 0.15) is 11.1 Å². The molecule has 0 bridgehead atoms. The van der Waals surface area contributed by atoms with Crippen molar-refractivity contribution >= 4 is 5.69 Å². The fourth-order valence-corrected chi connectivity index (χ4v) is 5.55. The molecule has 4 heterocycles. The smallest absolute Gasteiger partial charge is 0.250 e. The van der Waals surface area contributed by atoms with Crippen molar-refractivity contribution in [1.82, 2.24) is 9.97 Å². The molecule has 0 saturated carbocycles. The molecular weight excluding hydrogens is 683 g/mol. The van der Waals surface area contributed by atoms with E-state index in [2.05, 4.69) is 61.5 Å². The minimum absolute atomic E-state index is 0.00329. The molecule has 17 heteroatoms. The molecule has 0 N–H and O–H groups in total. The number of fused-ring (bicyclic) bond motifs is 3. The minimum atomic E-state index is -0.372. The van der Waals surface area contributed by atoms with Gasteiger partial charge >= 0.3 is 17.1 Å². The van der Waals surface area contributed by atoms with E-state index in [9.17, 15) is 26.3 Å². The van der Waals surface area contributed by atoms with Gasteiger partial charge in [-0.05, 0) is 36.4 Å². The molecule has 7 rings (SSSR count). The van der Waals surface area contributed by atoms with Crippen LogP contribution < -0.4 is 32.1 Å². The van der Waals surface area contributed by atoms with E-state index in [0.29, 0.717) is 0 Å². The number of nitrogens with zero attached hydrogens (tertiary/aromatic N) is 17. The van der Waals surface area contributed by atoms with Crippen molar-refractivity contribution in [3.63, 3.8) is 0 Å². The molecule has 240 valence electrons. The van der Waals surface area contributed by atoms with Crippen molar-refractivity contribution in [2.24, 2.45) is 30.0 Å². The van der Waals surface area contributed by atoms with Crippen LogP contribution in [-0.2, 0) is 0 Å². The van der Waals surface area contributed by atoms with Gasteiger partial charge in [0.25, 0.3) is 0 Å². The highest BCUT2D eigenvalue weighted by Gasteiger charge is 2.23. The summed E-state index contributed by atoms with van der Waals surface area (Å²) < 4.78 is 0. The first-order chi connectivity index (χ1) is 26.3. The molecule has 0 saturated heterocycles. The number of allylic oxidation sites excluding steroid dienone is 3. The molecule has 1 aromatic heterocycles. The summed E-state index contributed by atoms with van der Waals surface area (Å²) in [5.74, 6) is -0.519. The Labute approximate surface area is 301 Å². The molecule has 54 heavy (non-hydrogen) atoms. The Kier molecular flexibility index (Phi) is 7.81. The molecule has 0 unspecified atom stereocenters. The van der Waals surface area contributed by atoms with Gasteiger partial charge in [0.2, 0.25) is 5.69 Å². The maximum absolute atomic E-state index is 10.4. The van der Waals surface area contributed by atoms with Crippen LogP contribution in [0.4, 0.5) is 5.69 Å². The lowest BCUT2D eigenvalue weighted by molar-refractivity contribution is 1.16. The van der Waals surface area contributed by atoms with Gasteiger partial charge in [0.1, 0.15) is 22.9 Å². The summed E-state index contributed by atoms with van der Waals surface area (Å²) in [6.07, 6.45) is 0. The largest absolute Gasteiger partial charge is 0.305 e. The molecule has 0 spiro atoms. The molecule has 0 radical (unpaired) electrons. The first-order valence-corrected chi connectivity index (χ1v) is 14.8. The van der Waals surface area contributed by atoms with Crippen LogP contribution in [0.3, 0.4) is 0 Å². The van der Waals surface area contributed by atoms with Gasteiger partial charge in [0.15, 0.2) is 23.3 Å². The molecule has 4 aromatic rings. The summed E-state index contributed by atoms with van der Waals surface area (Å²) in [5.41, 5.74) is -0.267. The Balaban J connectivity index is 1.56. The highest BCUT2D eigenvalue weighted by Crippen LogP contribution is 2.32. The third kappa shape index (κ3) is 5.03. The maximum atomic E-state index is 10.4. The Morgan fingerprint density at radius 2 is 0.907 bits per heavy atom. The standard InChI is InChI=1S/C37H7N17/c1-43-27(14-40)35-47-22-8-5-17(20(12-38)30(22)52-35)25-11-26(19-7-10-24-33(32(19)46-4)54-37(49-24)29(16-42)45-3)51-34(50-25)18-6-9-23-31(21(18)13-39)53-36(48-23)28(15-41)44-2/h5-11H/b35-27+,36-28+,37-29-. The van der Waals surface area contributed by atoms with Gasteiger partial charge in [-0.15, -0.1) is 0 Å². The zero-order valence-corrected chi connectivity index (χ0v) is 26.6. The Bertz CT molecular complexity index is 3010. The second-order valence-electron chi connectivity index (χ2n) is 10.7. The van der Waals surface area contributed by atoms with Gasteiger partial charge < -0.3 is 0 Å². The van der Waals surface area contributed by atoms with Crippen molar-refractivity contribution in [2.75, 3.05) is 0 Å². The van der Waals surface area contributed by atoms with Crippen molar-refractivity contribution < 1.29 is 0 Å². The lowest BCUT2D eigenvalue weighted by Crippen LogP contribution is -2.26. The molecule has 3 aliphatic rings. The quantitative estimate of drug-likeness (QED) is 0.230. The highest BCUT2D eigenvalue weighted by atomic mass is 15.0. The number of rotatable bonds is 3. The number of nitriles is 5. The normalized spacial score (nSPS) is 14.9. The van der Waals surface area contributed by atoms with E-state index < -0.39 is 0 Å². The van der Waals surface area contributed by atoms with Crippen molar-refractivity contribution in [1.29, 1.82) is 26.3 Å². The fraction of sp³-hybridized carbons (Fsp3) is 0. The third-order valence-corrected chi connectivity index (χ3v) is 7.92. The van der Waals surface area contributed by atoms with Gasteiger partial charge in [-0.1, -0.05) is 6.07 Å². The van der Waals surface area contributed by atoms with E-state index in [1.54, 1.807) is 36.4 Å². The number of hydrogen-bond donors (Lipinski definition) is 0. The first kappa shape index (κ1) is 32.7. The molecule has 3 aromatic carbocycles. The van der Waals surface area contributed by atoms with Crippen LogP contribution in [0.5, 0.6) is 0 Å². The van der Waals surface area contributed by atoms with Crippen LogP contribution in [-0.4, -0.2) is 9.97 Å². The third-order valence-electron chi connectivity index (χ3n) is 7.92. The molecule has 0 fully saturated rings. The molecule has 17 nitrogen and oxygen atoms in total. The van der Waals surface area contributed by atoms with E-state index >= 15 is 0 Å². The number of aromatic nitrogens is 2. The van der Waals surface area contributed by atoms with E-state index in [1.807, 2.05) is 0 Å². The monoisotopic (exact) mass is 689 g/mol. The summed E-state index contributed by atoms with van der Waals surface area (Å²) in [6, 6.07) is 20.1. The fourth-order valence-electron chi connectivity index (χ4n) is 5.55. The molecule has 0 amide bonds. The van der Waals surface area contributed by atoms with Crippen LogP contribution in [0.15, 0.2) is 107 Å². The maximum Gasteiger partial charge on any atom is 0.305 e. The zero-order chi connectivity index (χ0) is 38.1. The van der Waals surface area contributed by atoms with Crippen LogP contribution in [0.25, 0.3) is 53.3 Å². The SMILES string of the molecule is [C-]#[N+]/C(C#N)=C1/N=c2ccc(-c3cc(-c4ccc5c(c4C#N)=N/C(=C(\C#N)[N+]#[C-])N=5)nc(-c4ccc5c(c4C#N)=N/C(=C(\C#N)[N+]#[C-])N=5)n3)c([N+]#[C-])c2=N1. The highest BCUT2D eigenvalue weighted by molar-refractivity contribution is 5.81. The van der Waals surface area contributed by atoms with E-state index in [1.165, 1.54) is 24.3 Å². The van der Waals surface area contributed by atoms with E-state index in [4.69, 9.17) is 36.3 Å². The summed E-state index contributed by atoms with van der Waals surface area (Å²) in [6.45, 7) is 30.0. The predicted molar refractivity (Wildman–Crippen MR) is 179 cm³/mol. The summed E-state index contributed by atoms with van der Waals surface area (Å²) in [4.78, 5) is 48.3. The van der Waals surface area contributed by atoms with Crippen LogP contribution in [0.2, 0.25) is 0 Å². The Hall–Kier alpha value is -9.83. The van der Waals surface area contributed by atoms with Crippen molar-refractivity contribution in [2.45, 2.75) is 0 Å². The van der Waals surface area contributed by atoms with Gasteiger partial charge in [0.05, 0.1) is 88.4 Å². The van der Waals surface area contributed by atoms with Gasteiger partial charge in [-0.3, -0.25) is 0 Å². The molecule has 0 atom stereocenters. The topological polar surface area (TPSA) is 236 Å². The summed E-state index contributed by atoms with van der Waals surface area (Å²) >= 11 is 0. The average Bonchev–Trinajstić information content (AvgIpc) is 3.95. The Morgan fingerprint density at radius 1 is 0.500 bits per heavy atom. The Morgan fingerprint density at radius 3 is 1.35 bits per heavy atom. The lowest BCUT2D eigenvalue weighted by atomic mass is 10.00. The molecular formula is C37H7N17. The lowest BCUT2D eigenvalue weighted by Gasteiger charge is -2.12. The van der Waals surface area contributed by atoms with Crippen LogP contribution in [0, 0.1) is 82.9 Å². The van der Waals surface area contributed by atoms with Gasteiger partial charge in [-0.25, -0.2) is 75.1 Å². The van der Waals surface area contributed by atoms with Gasteiger partial charge in [-0.2, -0.15) is 10.5 Å². The average molecular weight is 690 g/mol. The predicted octanol–water partition coefficient (Wildman–Crippen LogP) is 2.37. The van der Waals surface area contributed by atoms with Gasteiger partial charge in [0, 0.05) is 16.7 Å². The van der Waals surface area contributed by atoms with Crippen molar-refractivity contribution in [3.8, 4) is 64.2 Å². The number of hydrogen-bond acceptors (Lipinski definition) is 13. The number of benzene rings is 3. The first-order valence-electron chi connectivity index (χ1n) is 14.8. The van der Waals surface area contributed by atoms with Crippen molar-refractivity contribution in [3.05, 3.63) is 166 Å². The second kappa shape index (κ2) is 12.9. The molecule has 3 aliphatic heterocycles. The second-order valence-corrected chi connectivity index (χ2v) is 10.7. The molecule has 0 aliphatic carbocycles. The zero-order valence-electron chi connectivity index (χ0n) is 26.6. The minimum Gasteiger partial charge on any atom is -0.250 e. The van der Waals surface area contributed by atoms with E-state index in [0.717, 1.165) is 0 Å².